The lowest BCUT2D eigenvalue weighted by atomic mass is 10.0. The maximum absolute atomic E-state index is 5.79. The third-order valence-corrected chi connectivity index (χ3v) is 4.38. The largest absolute Gasteiger partial charge is 0.308 e. The van der Waals surface area contributed by atoms with Gasteiger partial charge in [-0.25, -0.2) is 5.43 Å². The molecule has 1 unspecified atom stereocenters. The van der Waals surface area contributed by atoms with E-state index in [0.29, 0.717) is 0 Å². The Morgan fingerprint density at radius 3 is 2.52 bits per heavy atom. The second-order valence-electron chi connectivity index (χ2n) is 5.06. The summed E-state index contributed by atoms with van der Waals surface area (Å²) in [4.78, 5) is 2.13. The molecule has 1 aromatic carbocycles. The number of halogens is 2. The Labute approximate surface area is 141 Å². The van der Waals surface area contributed by atoms with E-state index in [0.717, 1.165) is 33.3 Å². The van der Waals surface area contributed by atoms with E-state index in [1.807, 2.05) is 49.2 Å². The number of hydrazine groups is 1. The summed E-state index contributed by atoms with van der Waals surface area (Å²) < 4.78 is 3.98. The van der Waals surface area contributed by atoms with Gasteiger partial charge in [0.2, 0.25) is 0 Å². The topological polar surface area (TPSA) is 59.1 Å². The van der Waals surface area contributed by atoms with Crippen LogP contribution in [0.3, 0.4) is 0 Å². The third kappa shape index (κ3) is 4.14. The van der Waals surface area contributed by atoms with Crippen LogP contribution in [0, 0.1) is 0 Å². The molecule has 0 aliphatic heterocycles. The number of hydrogen-bond acceptors (Lipinski definition) is 4. The van der Waals surface area contributed by atoms with E-state index in [9.17, 15) is 0 Å². The quantitative estimate of drug-likeness (QED) is 0.561. The van der Waals surface area contributed by atoms with E-state index in [1.165, 1.54) is 0 Å². The van der Waals surface area contributed by atoms with E-state index >= 15 is 0 Å². The van der Waals surface area contributed by atoms with Gasteiger partial charge in [-0.05, 0) is 47.7 Å². The summed E-state index contributed by atoms with van der Waals surface area (Å²) in [6.07, 6.45) is 1.81. The van der Waals surface area contributed by atoms with Crippen LogP contribution in [-0.2, 0) is 6.54 Å². The number of nitrogens with zero attached hydrogens (tertiary/aromatic N) is 3. The van der Waals surface area contributed by atoms with Gasteiger partial charge in [0.05, 0.1) is 29.0 Å². The average molecular weight is 417 g/mol. The first-order valence-electron chi connectivity index (χ1n) is 6.60. The van der Waals surface area contributed by atoms with Crippen molar-refractivity contribution in [2.75, 3.05) is 20.6 Å². The van der Waals surface area contributed by atoms with Gasteiger partial charge in [-0.15, -0.1) is 0 Å². The monoisotopic (exact) mass is 415 g/mol. The summed E-state index contributed by atoms with van der Waals surface area (Å²) in [7, 11) is 4.09. The summed E-state index contributed by atoms with van der Waals surface area (Å²) in [6, 6.07) is 7.99. The highest BCUT2D eigenvalue weighted by Crippen LogP contribution is 2.28. The first kappa shape index (κ1) is 16.6. The highest BCUT2D eigenvalue weighted by Gasteiger charge is 2.20. The molecule has 0 radical (unpaired) electrons. The second-order valence-corrected chi connectivity index (χ2v) is 6.83. The number of rotatable bonds is 6. The van der Waals surface area contributed by atoms with Gasteiger partial charge in [0.1, 0.15) is 0 Å². The van der Waals surface area contributed by atoms with Gasteiger partial charge in [0.25, 0.3) is 0 Å². The van der Waals surface area contributed by atoms with E-state index < -0.39 is 0 Å². The first-order valence-corrected chi connectivity index (χ1v) is 8.19. The SMILES string of the molecule is CN(C)CCn1ncc(Br)c1C(NN)c1ccc(Br)cc1. The summed E-state index contributed by atoms with van der Waals surface area (Å²) in [5.74, 6) is 5.79. The van der Waals surface area contributed by atoms with Crippen molar-refractivity contribution >= 4 is 31.9 Å². The minimum Gasteiger partial charge on any atom is -0.308 e. The highest BCUT2D eigenvalue weighted by molar-refractivity contribution is 9.10. The van der Waals surface area contributed by atoms with Crippen molar-refractivity contribution in [3.05, 3.63) is 50.7 Å². The Bertz CT molecular complexity index is 580. The Kier molecular flexibility index (Phi) is 5.95. The zero-order valence-corrected chi connectivity index (χ0v) is 15.2. The van der Waals surface area contributed by atoms with Crippen molar-refractivity contribution in [2.45, 2.75) is 12.6 Å². The summed E-state index contributed by atoms with van der Waals surface area (Å²) >= 11 is 7.03. The van der Waals surface area contributed by atoms with Gasteiger partial charge in [0.15, 0.2) is 0 Å². The lowest BCUT2D eigenvalue weighted by molar-refractivity contribution is 0.365. The van der Waals surface area contributed by atoms with Crippen LogP contribution in [-0.4, -0.2) is 35.3 Å². The fourth-order valence-electron chi connectivity index (χ4n) is 2.12. The van der Waals surface area contributed by atoms with Crippen LogP contribution in [0.25, 0.3) is 0 Å². The summed E-state index contributed by atoms with van der Waals surface area (Å²) in [6.45, 7) is 1.72. The van der Waals surface area contributed by atoms with Crippen LogP contribution in [0.1, 0.15) is 17.3 Å². The Morgan fingerprint density at radius 2 is 1.95 bits per heavy atom. The molecule has 21 heavy (non-hydrogen) atoms. The molecule has 7 heteroatoms. The molecular formula is C14H19Br2N5. The van der Waals surface area contributed by atoms with E-state index in [4.69, 9.17) is 5.84 Å². The van der Waals surface area contributed by atoms with Crippen molar-refractivity contribution in [2.24, 2.45) is 5.84 Å². The van der Waals surface area contributed by atoms with E-state index in [1.54, 1.807) is 0 Å². The van der Waals surface area contributed by atoms with Crippen LogP contribution in [0.5, 0.6) is 0 Å². The number of aromatic nitrogens is 2. The van der Waals surface area contributed by atoms with Crippen LogP contribution in [0.2, 0.25) is 0 Å². The molecule has 0 saturated heterocycles. The van der Waals surface area contributed by atoms with Crippen LogP contribution < -0.4 is 11.3 Å². The van der Waals surface area contributed by atoms with Gasteiger partial charge in [-0.2, -0.15) is 5.10 Å². The number of likely N-dealkylation sites (N-methyl/N-ethyl adjacent to an activating group) is 1. The maximum Gasteiger partial charge on any atom is 0.0889 e. The fraction of sp³-hybridized carbons (Fsp3) is 0.357. The minimum atomic E-state index is -0.114. The number of benzene rings is 1. The van der Waals surface area contributed by atoms with Crippen LogP contribution >= 0.6 is 31.9 Å². The van der Waals surface area contributed by atoms with E-state index in [-0.39, 0.29) is 6.04 Å². The molecule has 114 valence electrons. The molecule has 1 heterocycles. The van der Waals surface area contributed by atoms with Crippen LogP contribution in [0.4, 0.5) is 0 Å². The van der Waals surface area contributed by atoms with Gasteiger partial charge >= 0.3 is 0 Å². The standard InChI is InChI=1S/C14H19Br2N5/c1-20(2)7-8-21-14(12(16)9-18-21)13(19-17)10-3-5-11(15)6-4-10/h3-6,9,13,19H,7-8,17H2,1-2H3. The third-order valence-electron chi connectivity index (χ3n) is 3.24. The van der Waals surface area contributed by atoms with Crippen molar-refractivity contribution in [3.63, 3.8) is 0 Å². The number of nitrogens with one attached hydrogen (secondary N) is 1. The van der Waals surface area contributed by atoms with Crippen molar-refractivity contribution in [1.82, 2.24) is 20.1 Å². The van der Waals surface area contributed by atoms with Crippen LogP contribution in [0.15, 0.2) is 39.4 Å². The highest BCUT2D eigenvalue weighted by atomic mass is 79.9. The molecule has 0 aliphatic rings. The summed E-state index contributed by atoms with van der Waals surface area (Å²) in [5, 5.41) is 4.44. The predicted molar refractivity (Wildman–Crippen MR) is 91.8 cm³/mol. The smallest absolute Gasteiger partial charge is 0.0889 e. The minimum absolute atomic E-state index is 0.114. The van der Waals surface area contributed by atoms with Crippen molar-refractivity contribution in [3.8, 4) is 0 Å². The summed E-state index contributed by atoms with van der Waals surface area (Å²) in [5.41, 5.74) is 5.01. The Hall–Kier alpha value is -0.730. The predicted octanol–water partition coefficient (Wildman–Crippen LogP) is 2.52. The zero-order valence-electron chi connectivity index (χ0n) is 12.1. The Morgan fingerprint density at radius 1 is 1.29 bits per heavy atom. The average Bonchev–Trinajstić information content (AvgIpc) is 2.81. The van der Waals surface area contributed by atoms with Crippen molar-refractivity contribution in [1.29, 1.82) is 0 Å². The molecule has 3 N–H and O–H groups in total. The Balaban J connectivity index is 2.33. The molecule has 5 nitrogen and oxygen atoms in total. The van der Waals surface area contributed by atoms with Gasteiger partial charge in [-0.3, -0.25) is 10.5 Å². The van der Waals surface area contributed by atoms with Gasteiger partial charge in [-0.1, -0.05) is 28.1 Å². The molecule has 0 aliphatic carbocycles. The first-order chi connectivity index (χ1) is 10.0. The molecule has 0 amide bonds. The fourth-order valence-corrected chi connectivity index (χ4v) is 2.91. The maximum atomic E-state index is 5.79. The molecule has 1 atom stereocenters. The molecular weight excluding hydrogens is 398 g/mol. The molecule has 0 fully saturated rings. The lowest BCUT2D eigenvalue weighted by Gasteiger charge is -2.20. The van der Waals surface area contributed by atoms with Crippen molar-refractivity contribution < 1.29 is 0 Å². The molecule has 1 aromatic heterocycles. The lowest BCUT2D eigenvalue weighted by Crippen LogP contribution is -2.32. The molecule has 0 bridgehead atoms. The number of nitrogens with two attached hydrogens (primary N) is 1. The normalized spacial score (nSPS) is 12.9. The molecule has 2 rings (SSSR count). The number of hydrogen-bond donors (Lipinski definition) is 2. The molecule has 0 saturated carbocycles. The van der Waals surface area contributed by atoms with Gasteiger partial charge in [0, 0.05) is 11.0 Å². The zero-order chi connectivity index (χ0) is 15.4. The molecule has 2 aromatic rings. The van der Waals surface area contributed by atoms with E-state index in [2.05, 4.69) is 47.3 Å². The molecule has 0 spiro atoms. The second kappa shape index (κ2) is 7.51. The van der Waals surface area contributed by atoms with Gasteiger partial charge < -0.3 is 4.90 Å².